The molecule has 22 heavy (non-hydrogen) atoms. The Morgan fingerprint density at radius 3 is 2.68 bits per heavy atom. The van der Waals surface area contributed by atoms with E-state index in [1.807, 2.05) is 6.07 Å². The standard InChI is InChI=1S/C17H26N2O3/c1-3-4-12-22-15-9-8-14(13-18-15)19-16(20)17(21-2)10-6-5-7-11-17/h8-9,13H,3-7,10-12H2,1-2H3,(H,19,20). The van der Waals surface area contributed by atoms with Crippen LogP contribution in [-0.4, -0.2) is 30.2 Å². The number of methoxy groups -OCH3 is 1. The molecule has 0 unspecified atom stereocenters. The number of unbranched alkanes of at least 4 members (excludes halogenated alkanes) is 1. The summed E-state index contributed by atoms with van der Waals surface area (Å²) in [6.45, 7) is 2.79. The van der Waals surface area contributed by atoms with Crippen LogP contribution in [0.15, 0.2) is 18.3 Å². The van der Waals surface area contributed by atoms with Gasteiger partial charge in [0.1, 0.15) is 5.60 Å². The third-order valence-electron chi connectivity index (χ3n) is 4.21. The predicted molar refractivity (Wildman–Crippen MR) is 86.1 cm³/mol. The number of carbonyl (C=O) groups is 1. The highest BCUT2D eigenvalue weighted by Gasteiger charge is 2.39. The molecule has 1 aromatic heterocycles. The van der Waals surface area contributed by atoms with Crippen LogP contribution >= 0.6 is 0 Å². The lowest BCUT2D eigenvalue weighted by Crippen LogP contribution is -2.46. The zero-order valence-electron chi connectivity index (χ0n) is 13.6. The van der Waals surface area contributed by atoms with Gasteiger partial charge in [0.15, 0.2) is 0 Å². The predicted octanol–water partition coefficient (Wildman–Crippen LogP) is 3.55. The van der Waals surface area contributed by atoms with Crippen LogP contribution < -0.4 is 10.1 Å². The van der Waals surface area contributed by atoms with Crippen molar-refractivity contribution < 1.29 is 14.3 Å². The Labute approximate surface area is 132 Å². The van der Waals surface area contributed by atoms with E-state index >= 15 is 0 Å². The van der Waals surface area contributed by atoms with Crippen molar-refractivity contribution in [2.45, 2.75) is 57.5 Å². The number of hydrogen-bond acceptors (Lipinski definition) is 4. The number of carbonyl (C=O) groups excluding carboxylic acids is 1. The monoisotopic (exact) mass is 306 g/mol. The molecule has 0 aliphatic heterocycles. The topological polar surface area (TPSA) is 60.5 Å². The molecule has 0 atom stereocenters. The second kappa shape index (κ2) is 8.13. The van der Waals surface area contributed by atoms with Gasteiger partial charge in [-0.15, -0.1) is 0 Å². The molecule has 1 aliphatic carbocycles. The Kier molecular flexibility index (Phi) is 6.19. The van der Waals surface area contributed by atoms with Gasteiger partial charge < -0.3 is 14.8 Å². The van der Waals surface area contributed by atoms with Gasteiger partial charge >= 0.3 is 0 Å². The van der Waals surface area contributed by atoms with Crippen LogP contribution in [0.4, 0.5) is 5.69 Å². The van der Waals surface area contributed by atoms with Gasteiger partial charge in [-0.25, -0.2) is 4.98 Å². The molecule has 1 heterocycles. The fraction of sp³-hybridized carbons (Fsp3) is 0.647. The summed E-state index contributed by atoms with van der Waals surface area (Å²) in [5.74, 6) is 0.515. The average Bonchev–Trinajstić information content (AvgIpc) is 2.57. The highest BCUT2D eigenvalue weighted by atomic mass is 16.5. The lowest BCUT2D eigenvalue weighted by Gasteiger charge is -2.34. The summed E-state index contributed by atoms with van der Waals surface area (Å²) in [5, 5.41) is 2.92. The van der Waals surface area contributed by atoms with Gasteiger partial charge in [-0.2, -0.15) is 0 Å². The molecule has 1 aliphatic rings. The minimum atomic E-state index is -0.686. The van der Waals surface area contributed by atoms with E-state index in [-0.39, 0.29) is 5.91 Å². The summed E-state index contributed by atoms with van der Waals surface area (Å²) < 4.78 is 11.1. The second-order valence-electron chi connectivity index (χ2n) is 5.80. The smallest absolute Gasteiger partial charge is 0.256 e. The number of rotatable bonds is 7. The Bertz CT molecular complexity index is 467. The molecule has 0 spiro atoms. The van der Waals surface area contributed by atoms with Crippen LogP contribution in [0, 0.1) is 0 Å². The fourth-order valence-electron chi connectivity index (χ4n) is 2.75. The number of aromatic nitrogens is 1. The lowest BCUT2D eigenvalue weighted by atomic mass is 9.84. The van der Waals surface area contributed by atoms with Crippen LogP contribution in [0.2, 0.25) is 0 Å². The molecular weight excluding hydrogens is 280 g/mol. The SMILES string of the molecule is CCCCOc1ccc(NC(=O)C2(OC)CCCCC2)cn1. The van der Waals surface area contributed by atoms with E-state index in [4.69, 9.17) is 9.47 Å². The Morgan fingerprint density at radius 1 is 1.32 bits per heavy atom. The number of hydrogen-bond donors (Lipinski definition) is 1. The lowest BCUT2D eigenvalue weighted by molar-refractivity contribution is -0.141. The van der Waals surface area contributed by atoms with Gasteiger partial charge in [0.2, 0.25) is 5.88 Å². The molecule has 1 fully saturated rings. The number of nitrogens with one attached hydrogen (secondary N) is 1. The van der Waals surface area contributed by atoms with E-state index in [1.54, 1.807) is 19.4 Å². The van der Waals surface area contributed by atoms with Crippen LogP contribution in [0.3, 0.4) is 0 Å². The normalized spacial score (nSPS) is 17.0. The molecule has 1 N–H and O–H groups in total. The Morgan fingerprint density at radius 2 is 2.09 bits per heavy atom. The molecule has 1 amide bonds. The van der Waals surface area contributed by atoms with Crippen LogP contribution in [0.5, 0.6) is 5.88 Å². The van der Waals surface area contributed by atoms with Gasteiger partial charge in [0, 0.05) is 13.2 Å². The highest BCUT2D eigenvalue weighted by molar-refractivity contribution is 5.97. The quantitative estimate of drug-likeness (QED) is 0.783. The molecular formula is C17H26N2O3. The first-order valence-corrected chi connectivity index (χ1v) is 8.15. The first-order valence-electron chi connectivity index (χ1n) is 8.15. The molecule has 0 saturated heterocycles. The molecule has 1 saturated carbocycles. The maximum Gasteiger partial charge on any atom is 0.256 e. The van der Waals surface area contributed by atoms with Crippen LogP contribution in [0.25, 0.3) is 0 Å². The first kappa shape index (κ1) is 16.7. The van der Waals surface area contributed by atoms with E-state index in [1.165, 1.54) is 6.42 Å². The van der Waals surface area contributed by atoms with Crippen LogP contribution in [0.1, 0.15) is 51.9 Å². The zero-order chi connectivity index (χ0) is 15.8. The van der Waals surface area contributed by atoms with Crippen molar-refractivity contribution in [1.29, 1.82) is 0 Å². The summed E-state index contributed by atoms with van der Waals surface area (Å²) in [6, 6.07) is 3.60. The van der Waals surface area contributed by atoms with Gasteiger partial charge in [0.25, 0.3) is 5.91 Å². The van der Waals surface area contributed by atoms with Gasteiger partial charge in [-0.05, 0) is 25.3 Å². The van der Waals surface area contributed by atoms with E-state index < -0.39 is 5.60 Å². The molecule has 5 heteroatoms. The van der Waals surface area contributed by atoms with Crippen molar-refractivity contribution in [2.75, 3.05) is 19.0 Å². The Balaban J connectivity index is 1.93. The third kappa shape index (κ3) is 4.19. The maximum absolute atomic E-state index is 12.5. The van der Waals surface area contributed by atoms with E-state index in [2.05, 4.69) is 17.2 Å². The summed E-state index contributed by atoms with van der Waals surface area (Å²) in [5.41, 5.74) is -0.0102. The molecule has 0 radical (unpaired) electrons. The van der Waals surface area contributed by atoms with Crippen molar-refractivity contribution in [3.63, 3.8) is 0 Å². The van der Waals surface area contributed by atoms with Crippen molar-refractivity contribution >= 4 is 11.6 Å². The van der Waals surface area contributed by atoms with E-state index in [9.17, 15) is 4.79 Å². The van der Waals surface area contributed by atoms with Gasteiger partial charge in [-0.1, -0.05) is 32.6 Å². The number of anilines is 1. The summed E-state index contributed by atoms with van der Waals surface area (Å²) >= 11 is 0. The summed E-state index contributed by atoms with van der Waals surface area (Å²) in [7, 11) is 1.62. The minimum absolute atomic E-state index is 0.0730. The van der Waals surface area contributed by atoms with Crippen molar-refractivity contribution in [1.82, 2.24) is 4.98 Å². The molecule has 2 rings (SSSR count). The molecule has 122 valence electrons. The van der Waals surface area contributed by atoms with Crippen molar-refractivity contribution in [3.8, 4) is 5.88 Å². The summed E-state index contributed by atoms with van der Waals surface area (Å²) in [6.07, 6.45) is 8.52. The third-order valence-corrected chi connectivity index (χ3v) is 4.21. The molecule has 1 aromatic rings. The summed E-state index contributed by atoms with van der Waals surface area (Å²) in [4.78, 5) is 16.7. The average molecular weight is 306 g/mol. The first-order chi connectivity index (χ1) is 10.7. The largest absolute Gasteiger partial charge is 0.478 e. The molecule has 0 bridgehead atoms. The number of ether oxygens (including phenoxy) is 2. The maximum atomic E-state index is 12.5. The number of pyridine rings is 1. The minimum Gasteiger partial charge on any atom is -0.478 e. The highest BCUT2D eigenvalue weighted by Crippen LogP contribution is 2.32. The Hall–Kier alpha value is -1.62. The van der Waals surface area contributed by atoms with Crippen molar-refractivity contribution in [2.24, 2.45) is 0 Å². The zero-order valence-corrected chi connectivity index (χ0v) is 13.6. The van der Waals surface area contributed by atoms with E-state index in [0.29, 0.717) is 18.2 Å². The molecule has 0 aromatic carbocycles. The van der Waals surface area contributed by atoms with Crippen LogP contribution in [-0.2, 0) is 9.53 Å². The fourth-order valence-corrected chi connectivity index (χ4v) is 2.75. The van der Waals surface area contributed by atoms with E-state index in [0.717, 1.165) is 38.5 Å². The van der Waals surface area contributed by atoms with Gasteiger partial charge in [0.05, 0.1) is 18.5 Å². The second-order valence-corrected chi connectivity index (χ2v) is 5.80. The number of nitrogens with zero attached hydrogens (tertiary/aromatic N) is 1. The van der Waals surface area contributed by atoms with Crippen molar-refractivity contribution in [3.05, 3.63) is 18.3 Å². The van der Waals surface area contributed by atoms with Gasteiger partial charge in [-0.3, -0.25) is 4.79 Å². The number of amides is 1. The molecule has 5 nitrogen and oxygen atoms in total.